The number of aliphatic hydroxyl groups is 1. The summed E-state index contributed by atoms with van der Waals surface area (Å²) in [5.41, 5.74) is 0. The Balaban J connectivity index is 3.50. The van der Waals surface area contributed by atoms with Crippen molar-refractivity contribution in [3.05, 3.63) is 11.1 Å². The Bertz CT molecular complexity index is 145. The van der Waals surface area contributed by atoms with Crippen LogP contribution >= 0.6 is 15.9 Å². The van der Waals surface area contributed by atoms with Gasteiger partial charge < -0.3 is 10.4 Å². The Morgan fingerprint density at radius 2 is 2.40 bits per heavy atom. The average molecular weight is 208 g/mol. The number of aliphatic hydroxyl groups excluding tert-OH is 1. The van der Waals surface area contributed by atoms with E-state index in [-0.39, 0.29) is 5.91 Å². The molecule has 0 fully saturated rings. The van der Waals surface area contributed by atoms with Crippen LogP contribution in [-0.2, 0) is 4.79 Å². The molecular formula is C6H10BrNO2. The smallest absolute Gasteiger partial charge is 0.248 e. The predicted octanol–water partition coefficient (Wildman–Crippen LogP) is 0.392. The van der Waals surface area contributed by atoms with Crippen molar-refractivity contribution in [2.75, 3.05) is 6.54 Å². The van der Waals surface area contributed by atoms with Crippen molar-refractivity contribution in [3.8, 4) is 0 Å². The highest BCUT2D eigenvalue weighted by molar-refractivity contribution is 9.11. The van der Waals surface area contributed by atoms with Crippen molar-refractivity contribution in [1.29, 1.82) is 0 Å². The summed E-state index contributed by atoms with van der Waals surface area (Å²) in [4.78, 5) is 10.6. The zero-order valence-corrected chi connectivity index (χ0v) is 7.31. The van der Waals surface area contributed by atoms with E-state index in [0.29, 0.717) is 11.0 Å². The molecule has 0 radical (unpaired) electrons. The summed E-state index contributed by atoms with van der Waals surface area (Å²) in [6, 6.07) is 0. The highest BCUT2D eigenvalue weighted by Crippen LogP contribution is 1.96. The number of carbonyl (C=O) groups excluding carboxylic acids is 1. The molecule has 0 aliphatic heterocycles. The number of rotatable bonds is 3. The number of hydrogen-bond donors (Lipinski definition) is 2. The maximum Gasteiger partial charge on any atom is 0.248 e. The molecule has 58 valence electrons. The monoisotopic (exact) mass is 207 g/mol. The summed E-state index contributed by atoms with van der Waals surface area (Å²) in [7, 11) is 0. The first kappa shape index (κ1) is 9.65. The van der Waals surface area contributed by atoms with Gasteiger partial charge in [-0.25, -0.2) is 0 Å². The molecule has 0 rings (SSSR count). The fraction of sp³-hybridized carbons (Fsp3) is 0.500. The summed E-state index contributed by atoms with van der Waals surface area (Å²) in [5.74, 6) is -0.388. The molecule has 0 aromatic heterocycles. The summed E-state index contributed by atoms with van der Waals surface area (Å²) in [6.07, 6.45) is -0.952. The Kier molecular flexibility index (Phi) is 4.31. The molecule has 0 spiro atoms. The Labute approximate surface area is 68.2 Å². The molecule has 0 saturated heterocycles. The van der Waals surface area contributed by atoms with Crippen molar-refractivity contribution >= 4 is 21.8 Å². The predicted molar refractivity (Wildman–Crippen MR) is 42.8 cm³/mol. The van der Waals surface area contributed by atoms with Crippen LogP contribution < -0.4 is 5.32 Å². The van der Waals surface area contributed by atoms with Crippen LogP contribution in [0.25, 0.3) is 0 Å². The van der Waals surface area contributed by atoms with Crippen LogP contribution in [-0.4, -0.2) is 23.7 Å². The van der Waals surface area contributed by atoms with Crippen LogP contribution in [0.1, 0.15) is 6.92 Å². The fourth-order valence-electron chi connectivity index (χ4n) is 0.331. The lowest BCUT2D eigenvalue weighted by Crippen LogP contribution is -2.33. The number of hydrogen-bond acceptors (Lipinski definition) is 2. The van der Waals surface area contributed by atoms with Gasteiger partial charge in [-0.05, 0) is 6.92 Å². The third kappa shape index (κ3) is 4.52. The van der Waals surface area contributed by atoms with Crippen LogP contribution in [0.3, 0.4) is 0 Å². The van der Waals surface area contributed by atoms with Crippen molar-refractivity contribution < 1.29 is 9.90 Å². The van der Waals surface area contributed by atoms with Gasteiger partial charge in [0, 0.05) is 11.0 Å². The van der Waals surface area contributed by atoms with E-state index in [2.05, 4.69) is 27.8 Å². The lowest BCUT2D eigenvalue weighted by molar-refractivity contribution is -0.128. The van der Waals surface area contributed by atoms with Gasteiger partial charge in [-0.1, -0.05) is 22.5 Å². The van der Waals surface area contributed by atoms with Crippen LogP contribution in [0.15, 0.2) is 11.1 Å². The lowest BCUT2D eigenvalue weighted by Gasteiger charge is -2.04. The van der Waals surface area contributed by atoms with Crippen LogP contribution in [0.5, 0.6) is 0 Å². The molecule has 4 heteroatoms. The highest BCUT2D eigenvalue weighted by Gasteiger charge is 2.06. The molecule has 0 heterocycles. The normalized spacial score (nSPS) is 12.3. The first-order valence-electron chi connectivity index (χ1n) is 2.83. The standard InChI is InChI=1S/C6H10BrNO2/c1-4(7)3-8-6(10)5(2)9/h5,9H,1,3H2,2H3,(H,8,10)/t5-/m0/s1. The van der Waals surface area contributed by atoms with Crippen LogP contribution in [0.2, 0.25) is 0 Å². The molecule has 0 aliphatic rings. The number of amides is 1. The minimum absolute atomic E-state index is 0.351. The molecule has 0 unspecified atom stereocenters. The second kappa shape index (κ2) is 4.46. The summed E-state index contributed by atoms with van der Waals surface area (Å²) < 4.78 is 0.682. The number of carbonyl (C=O) groups is 1. The van der Waals surface area contributed by atoms with E-state index in [1.165, 1.54) is 6.92 Å². The zero-order valence-electron chi connectivity index (χ0n) is 5.72. The van der Waals surface area contributed by atoms with Gasteiger partial charge in [0.2, 0.25) is 5.91 Å². The summed E-state index contributed by atoms with van der Waals surface area (Å²) in [5, 5.41) is 11.1. The third-order valence-corrected chi connectivity index (χ3v) is 1.11. The molecule has 0 aromatic carbocycles. The fourth-order valence-corrected chi connectivity index (χ4v) is 0.471. The molecule has 1 amide bonds. The highest BCUT2D eigenvalue weighted by atomic mass is 79.9. The Hall–Kier alpha value is -0.350. The first-order chi connectivity index (χ1) is 4.54. The van der Waals surface area contributed by atoms with Gasteiger partial charge >= 0.3 is 0 Å². The third-order valence-electron chi connectivity index (χ3n) is 0.834. The van der Waals surface area contributed by atoms with E-state index in [1.54, 1.807) is 0 Å². The van der Waals surface area contributed by atoms with Gasteiger partial charge in [-0.2, -0.15) is 0 Å². The average Bonchev–Trinajstić information content (AvgIpc) is 1.82. The molecule has 0 aromatic rings. The topological polar surface area (TPSA) is 49.3 Å². The van der Waals surface area contributed by atoms with Crippen LogP contribution in [0, 0.1) is 0 Å². The van der Waals surface area contributed by atoms with Gasteiger partial charge in [0.25, 0.3) is 0 Å². The zero-order chi connectivity index (χ0) is 8.15. The lowest BCUT2D eigenvalue weighted by atomic mass is 10.4. The van der Waals surface area contributed by atoms with Gasteiger partial charge in [0.05, 0.1) is 0 Å². The maximum absolute atomic E-state index is 10.6. The second-order valence-corrected chi connectivity index (χ2v) is 3.03. The van der Waals surface area contributed by atoms with E-state index in [0.717, 1.165) is 0 Å². The Morgan fingerprint density at radius 3 is 2.70 bits per heavy atom. The Morgan fingerprint density at radius 1 is 1.90 bits per heavy atom. The van der Waals surface area contributed by atoms with Gasteiger partial charge in [0.1, 0.15) is 6.10 Å². The molecule has 2 N–H and O–H groups in total. The van der Waals surface area contributed by atoms with Gasteiger partial charge in [0.15, 0.2) is 0 Å². The number of halogens is 1. The van der Waals surface area contributed by atoms with E-state index < -0.39 is 6.10 Å². The SMILES string of the molecule is C=C(Br)CNC(=O)[C@H](C)O. The van der Waals surface area contributed by atoms with E-state index in [4.69, 9.17) is 5.11 Å². The van der Waals surface area contributed by atoms with Crippen LogP contribution in [0.4, 0.5) is 0 Å². The van der Waals surface area contributed by atoms with Gasteiger partial charge in [-0.3, -0.25) is 4.79 Å². The van der Waals surface area contributed by atoms with Crippen molar-refractivity contribution in [3.63, 3.8) is 0 Å². The minimum atomic E-state index is -0.952. The largest absolute Gasteiger partial charge is 0.384 e. The summed E-state index contributed by atoms with van der Waals surface area (Å²) >= 11 is 3.06. The second-order valence-electron chi connectivity index (χ2n) is 1.91. The summed E-state index contributed by atoms with van der Waals surface area (Å²) in [6.45, 7) is 5.27. The van der Waals surface area contributed by atoms with E-state index in [9.17, 15) is 4.79 Å². The minimum Gasteiger partial charge on any atom is -0.384 e. The molecule has 0 bridgehead atoms. The van der Waals surface area contributed by atoms with E-state index in [1.807, 2.05) is 0 Å². The van der Waals surface area contributed by atoms with Crippen molar-refractivity contribution in [1.82, 2.24) is 5.32 Å². The number of nitrogens with one attached hydrogen (secondary N) is 1. The molecule has 3 nitrogen and oxygen atoms in total. The quantitative estimate of drug-likeness (QED) is 0.704. The molecule has 0 aliphatic carbocycles. The van der Waals surface area contributed by atoms with Crippen molar-refractivity contribution in [2.24, 2.45) is 0 Å². The molecule has 0 saturated carbocycles. The molecular weight excluding hydrogens is 198 g/mol. The molecule has 1 atom stereocenters. The van der Waals surface area contributed by atoms with E-state index >= 15 is 0 Å². The first-order valence-corrected chi connectivity index (χ1v) is 3.62. The van der Waals surface area contributed by atoms with Gasteiger partial charge in [-0.15, -0.1) is 0 Å². The molecule has 10 heavy (non-hydrogen) atoms. The maximum atomic E-state index is 10.6. The van der Waals surface area contributed by atoms with Crippen molar-refractivity contribution in [2.45, 2.75) is 13.0 Å².